The molecule has 1 aromatic rings. The highest BCUT2D eigenvalue weighted by molar-refractivity contribution is 8.00. The molecule has 1 N–H and O–H groups in total. The Balaban J connectivity index is 1.71. The van der Waals surface area contributed by atoms with Crippen LogP contribution in [0.2, 0.25) is 0 Å². The van der Waals surface area contributed by atoms with E-state index in [1.165, 1.54) is 45.1 Å². The van der Waals surface area contributed by atoms with Gasteiger partial charge in [-0.25, -0.2) is 0 Å². The van der Waals surface area contributed by atoms with Gasteiger partial charge in [0.15, 0.2) is 0 Å². The molecule has 0 aromatic heterocycles. The summed E-state index contributed by atoms with van der Waals surface area (Å²) in [5, 5.41) is 3.91. The minimum absolute atomic E-state index is 0.512. The Labute approximate surface area is 127 Å². The molecule has 1 saturated carbocycles. The first kappa shape index (κ1) is 14.5. The number of hydrogen-bond donors (Lipinski definition) is 1. The molecule has 0 bridgehead atoms. The van der Waals surface area contributed by atoms with Crippen molar-refractivity contribution >= 4 is 11.8 Å². The monoisotopic (exact) mass is 289 g/mol. The lowest BCUT2D eigenvalue weighted by molar-refractivity contribution is 0.405. The van der Waals surface area contributed by atoms with Gasteiger partial charge >= 0.3 is 0 Å². The average molecular weight is 289 g/mol. The number of rotatable bonds is 4. The summed E-state index contributed by atoms with van der Waals surface area (Å²) in [6.45, 7) is 3.55. The highest BCUT2D eigenvalue weighted by atomic mass is 32.2. The maximum absolute atomic E-state index is 3.91. The van der Waals surface area contributed by atoms with Gasteiger partial charge in [-0.3, -0.25) is 0 Å². The van der Waals surface area contributed by atoms with Crippen LogP contribution < -0.4 is 5.32 Å². The zero-order valence-electron chi connectivity index (χ0n) is 12.8. The standard InChI is InChI=1S/C18H27NS/c1-14-9-10-17(16-8-4-3-7-15(14)16)19-13-18(20-2)11-5-6-12-18/h3-4,7-8,14,17,19H,5-6,9-13H2,1-2H3. The molecule has 1 aromatic carbocycles. The molecule has 0 heterocycles. The number of hydrogen-bond acceptors (Lipinski definition) is 2. The van der Waals surface area contributed by atoms with E-state index < -0.39 is 0 Å². The second kappa shape index (κ2) is 6.11. The summed E-state index contributed by atoms with van der Waals surface area (Å²) in [5.74, 6) is 0.727. The molecule has 0 amide bonds. The van der Waals surface area contributed by atoms with Crippen molar-refractivity contribution in [3.05, 3.63) is 35.4 Å². The van der Waals surface area contributed by atoms with E-state index in [2.05, 4.69) is 54.5 Å². The van der Waals surface area contributed by atoms with Crippen molar-refractivity contribution in [3.8, 4) is 0 Å². The third-order valence-electron chi connectivity index (χ3n) is 5.41. The van der Waals surface area contributed by atoms with Crippen LogP contribution in [-0.2, 0) is 0 Å². The summed E-state index contributed by atoms with van der Waals surface area (Å²) < 4.78 is 0.512. The summed E-state index contributed by atoms with van der Waals surface area (Å²) >= 11 is 2.09. The van der Waals surface area contributed by atoms with E-state index in [0.717, 1.165) is 5.92 Å². The Morgan fingerprint density at radius 2 is 1.85 bits per heavy atom. The molecule has 2 unspecified atom stereocenters. The third-order valence-corrected chi connectivity index (χ3v) is 6.83. The number of thioether (sulfide) groups is 1. The van der Waals surface area contributed by atoms with Crippen molar-refractivity contribution in [1.82, 2.24) is 5.32 Å². The highest BCUT2D eigenvalue weighted by Gasteiger charge is 2.34. The Kier molecular flexibility index (Phi) is 4.42. The lowest BCUT2D eigenvalue weighted by Crippen LogP contribution is -2.38. The van der Waals surface area contributed by atoms with Crippen LogP contribution in [0, 0.1) is 0 Å². The summed E-state index contributed by atoms with van der Waals surface area (Å²) in [7, 11) is 0. The van der Waals surface area contributed by atoms with Crippen LogP contribution >= 0.6 is 11.8 Å². The first-order chi connectivity index (χ1) is 9.74. The largest absolute Gasteiger partial charge is 0.309 e. The van der Waals surface area contributed by atoms with Gasteiger partial charge < -0.3 is 5.32 Å². The maximum atomic E-state index is 3.91. The van der Waals surface area contributed by atoms with E-state index in [-0.39, 0.29) is 0 Å². The lowest BCUT2D eigenvalue weighted by atomic mass is 9.81. The van der Waals surface area contributed by atoms with Crippen LogP contribution in [-0.4, -0.2) is 17.5 Å². The first-order valence-corrected chi connectivity index (χ1v) is 9.34. The second-order valence-corrected chi connectivity index (χ2v) is 7.91. The molecule has 2 atom stereocenters. The molecule has 1 nitrogen and oxygen atoms in total. The van der Waals surface area contributed by atoms with E-state index in [4.69, 9.17) is 0 Å². The van der Waals surface area contributed by atoms with Crippen LogP contribution in [0.15, 0.2) is 24.3 Å². The normalized spacial score (nSPS) is 28.3. The fraction of sp³-hybridized carbons (Fsp3) is 0.667. The van der Waals surface area contributed by atoms with Gasteiger partial charge in [0.1, 0.15) is 0 Å². The molecule has 2 aliphatic rings. The molecule has 1 fully saturated rings. The van der Waals surface area contributed by atoms with Gasteiger partial charge in [0.05, 0.1) is 0 Å². The van der Waals surface area contributed by atoms with Gasteiger partial charge in [0.25, 0.3) is 0 Å². The van der Waals surface area contributed by atoms with Crippen LogP contribution in [0.25, 0.3) is 0 Å². The van der Waals surface area contributed by atoms with Gasteiger partial charge in [0, 0.05) is 17.3 Å². The quantitative estimate of drug-likeness (QED) is 0.847. The van der Waals surface area contributed by atoms with Crippen molar-refractivity contribution in [3.63, 3.8) is 0 Å². The SMILES string of the molecule is CSC1(CNC2CCC(C)c3ccccc32)CCCC1. The Hall–Kier alpha value is -0.470. The second-order valence-electron chi connectivity index (χ2n) is 6.64. The van der Waals surface area contributed by atoms with Crippen molar-refractivity contribution in [2.24, 2.45) is 0 Å². The molecule has 3 rings (SSSR count). The molecule has 110 valence electrons. The van der Waals surface area contributed by atoms with Gasteiger partial charge in [0.2, 0.25) is 0 Å². The minimum Gasteiger partial charge on any atom is -0.309 e. The average Bonchev–Trinajstić information content (AvgIpc) is 2.96. The molecule has 20 heavy (non-hydrogen) atoms. The van der Waals surface area contributed by atoms with E-state index in [1.54, 1.807) is 11.1 Å². The summed E-state index contributed by atoms with van der Waals surface area (Å²) in [4.78, 5) is 0. The number of benzene rings is 1. The zero-order chi connectivity index (χ0) is 14.0. The predicted octanol–water partition coefficient (Wildman–Crippen LogP) is 4.89. The van der Waals surface area contributed by atoms with Gasteiger partial charge in [-0.05, 0) is 49.0 Å². The van der Waals surface area contributed by atoms with E-state index in [1.807, 2.05) is 0 Å². The van der Waals surface area contributed by atoms with Crippen LogP contribution in [0.3, 0.4) is 0 Å². The first-order valence-electron chi connectivity index (χ1n) is 8.11. The maximum Gasteiger partial charge on any atom is 0.0323 e. The Bertz CT molecular complexity index is 450. The number of nitrogens with one attached hydrogen (secondary N) is 1. The predicted molar refractivity (Wildman–Crippen MR) is 89.5 cm³/mol. The fourth-order valence-electron chi connectivity index (χ4n) is 4.00. The number of fused-ring (bicyclic) bond motifs is 1. The topological polar surface area (TPSA) is 12.0 Å². The molecule has 0 saturated heterocycles. The Morgan fingerprint density at radius 1 is 1.15 bits per heavy atom. The molecule has 0 aliphatic heterocycles. The highest BCUT2D eigenvalue weighted by Crippen LogP contribution is 2.41. The fourth-order valence-corrected chi connectivity index (χ4v) is 4.92. The van der Waals surface area contributed by atoms with Crippen molar-refractivity contribution in [2.45, 2.75) is 62.2 Å². The van der Waals surface area contributed by atoms with E-state index in [0.29, 0.717) is 10.8 Å². The molecule has 0 spiro atoms. The lowest BCUT2D eigenvalue weighted by Gasteiger charge is -2.34. The molecular formula is C18H27NS. The van der Waals surface area contributed by atoms with Crippen molar-refractivity contribution in [2.75, 3.05) is 12.8 Å². The summed E-state index contributed by atoms with van der Waals surface area (Å²) in [6, 6.07) is 9.63. The zero-order valence-corrected chi connectivity index (χ0v) is 13.6. The van der Waals surface area contributed by atoms with Gasteiger partial charge in [-0.2, -0.15) is 11.8 Å². The van der Waals surface area contributed by atoms with Crippen LogP contribution in [0.4, 0.5) is 0 Å². The van der Waals surface area contributed by atoms with Crippen LogP contribution in [0.5, 0.6) is 0 Å². The van der Waals surface area contributed by atoms with Crippen molar-refractivity contribution < 1.29 is 0 Å². The molecule has 0 radical (unpaired) electrons. The Morgan fingerprint density at radius 3 is 2.55 bits per heavy atom. The molecule has 2 aliphatic carbocycles. The summed E-state index contributed by atoms with van der Waals surface area (Å²) in [6.07, 6.45) is 10.5. The smallest absolute Gasteiger partial charge is 0.0323 e. The van der Waals surface area contributed by atoms with Gasteiger partial charge in [-0.15, -0.1) is 0 Å². The minimum atomic E-state index is 0.512. The molecule has 2 heteroatoms. The molecular weight excluding hydrogens is 262 g/mol. The third kappa shape index (κ3) is 2.78. The van der Waals surface area contributed by atoms with Crippen LogP contribution in [0.1, 0.15) is 68.5 Å². The van der Waals surface area contributed by atoms with E-state index in [9.17, 15) is 0 Å². The van der Waals surface area contributed by atoms with E-state index >= 15 is 0 Å². The summed E-state index contributed by atoms with van der Waals surface area (Å²) in [5.41, 5.74) is 3.13. The van der Waals surface area contributed by atoms with Crippen molar-refractivity contribution in [1.29, 1.82) is 0 Å². The van der Waals surface area contributed by atoms with Gasteiger partial charge in [-0.1, -0.05) is 44.0 Å².